The lowest BCUT2D eigenvalue weighted by atomic mass is 10.1. The molecule has 23 heavy (non-hydrogen) atoms. The Kier molecular flexibility index (Phi) is 4.73. The maximum Gasteiger partial charge on any atom is 0.221 e. The summed E-state index contributed by atoms with van der Waals surface area (Å²) in [7, 11) is 0. The van der Waals surface area contributed by atoms with Crippen molar-refractivity contribution in [3.05, 3.63) is 60.2 Å². The van der Waals surface area contributed by atoms with Crippen molar-refractivity contribution in [2.45, 2.75) is 6.92 Å². The molecule has 0 unspecified atom stereocenters. The first-order valence-corrected chi connectivity index (χ1v) is 8.16. The lowest BCUT2D eigenvalue weighted by molar-refractivity contribution is -0.114. The van der Waals surface area contributed by atoms with Crippen LogP contribution in [0.4, 0.5) is 11.4 Å². The van der Waals surface area contributed by atoms with Gasteiger partial charge in [-0.3, -0.25) is 10.2 Å². The Bertz CT molecular complexity index is 754. The summed E-state index contributed by atoms with van der Waals surface area (Å²) in [4.78, 5) is 15.5. The number of carbonyl (C=O) groups excluding carboxylic acids is 1. The smallest absolute Gasteiger partial charge is 0.221 e. The fourth-order valence-electron chi connectivity index (χ4n) is 2.09. The van der Waals surface area contributed by atoms with Crippen molar-refractivity contribution in [2.75, 3.05) is 11.1 Å². The van der Waals surface area contributed by atoms with E-state index >= 15 is 0 Å². The predicted molar refractivity (Wildman–Crippen MR) is 96.4 cm³/mol. The molecule has 0 bridgehead atoms. The highest BCUT2D eigenvalue weighted by Gasteiger charge is 2.13. The molecule has 2 aromatic rings. The van der Waals surface area contributed by atoms with E-state index in [1.54, 1.807) is 11.8 Å². The average molecular weight is 324 g/mol. The third-order valence-corrected chi connectivity index (χ3v) is 4.03. The number of hydrogen-bond donors (Lipinski definition) is 2. The van der Waals surface area contributed by atoms with Crippen LogP contribution in [0.2, 0.25) is 0 Å². The van der Waals surface area contributed by atoms with Crippen molar-refractivity contribution < 1.29 is 4.79 Å². The van der Waals surface area contributed by atoms with E-state index in [0.29, 0.717) is 0 Å². The molecule has 0 saturated carbocycles. The van der Waals surface area contributed by atoms with Gasteiger partial charge in [0.25, 0.3) is 0 Å². The second-order valence-corrected chi connectivity index (χ2v) is 5.93. The van der Waals surface area contributed by atoms with Gasteiger partial charge in [-0.05, 0) is 29.8 Å². The number of amides is 1. The molecular formula is C17H16N4OS. The van der Waals surface area contributed by atoms with Crippen LogP contribution in [-0.4, -0.2) is 22.5 Å². The largest absolute Gasteiger partial charge is 0.326 e. The van der Waals surface area contributed by atoms with E-state index < -0.39 is 0 Å². The topological polar surface area (TPSA) is 65.8 Å². The Balaban J connectivity index is 1.69. The number of nitrogens with one attached hydrogen (secondary N) is 2. The van der Waals surface area contributed by atoms with Crippen LogP contribution in [0.3, 0.4) is 0 Å². The minimum absolute atomic E-state index is 0.0771. The van der Waals surface area contributed by atoms with Crippen LogP contribution in [0.1, 0.15) is 12.5 Å². The van der Waals surface area contributed by atoms with E-state index in [1.807, 2.05) is 54.6 Å². The van der Waals surface area contributed by atoms with Gasteiger partial charge < -0.3 is 5.32 Å². The summed E-state index contributed by atoms with van der Waals surface area (Å²) in [6.07, 6.45) is 0. The second kappa shape index (κ2) is 7.11. The highest BCUT2D eigenvalue weighted by atomic mass is 32.2. The molecule has 0 aromatic heterocycles. The van der Waals surface area contributed by atoms with Gasteiger partial charge in [-0.25, -0.2) is 4.99 Å². The lowest BCUT2D eigenvalue weighted by Crippen LogP contribution is -2.25. The van der Waals surface area contributed by atoms with E-state index in [2.05, 4.69) is 20.8 Å². The molecule has 5 nitrogen and oxygen atoms in total. The van der Waals surface area contributed by atoms with Gasteiger partial charge in [0.1, 0.15) is 0 Å². The summed E-state index contributed by atoms with van der Waals surface area (Å²) in [6, 6.07) is 17.4. The molecule has 0 spiro atoms. The number of hydrazone groups is 1. The van der Waals surface area contributed by atoms with Crippen molar-refractivity contribution in [2.24, 2.45) is 10.1 Å². The Morgan fingerprint density at radius 3 is 2.52 bits per heavy atom. The molecule has 0 radical (unpaired) electrons. The Labute approximate surface area is 138 Å². The van der Waals surface area contributed by atoms with Crippen molar-refractivity contribution in [3.63, 3.8) is 0 Å². The van der Waals surface area contributed by atoms with Gasteiger partial charge in [-0.15, -0.1) is 0 Å². The van der Waals surface area contributed by atoms with E-state index in [1.165, 1.54) is 6.92 Å². The summed E-state index contributed by atoms with van der Waals surface area (Å²) in [5, 5.41) is 7.93. The van der Waals surface area contributed by atoms with E-state index in [4.69, 9.17) is 0 Å². The molecule has 0 atom stereocenters. The summed E-state index contributed by atoms with van der Waals surface area (Å²) >= 11 is 1.61. The summed E-state index contributed by atoms with van der Waals surface area (Å²) < 4.78 is 0. The molecule has 0 saturated heterocycles. The average Bonchev–Trinajstić information content (AvgIpc) is 2.57. The number of carbonyl (C=O) groups is 1. The third kappa shape index (κ3) is 4.20. The quantitative estimate of drug-likeness (QED) is 0.909. The molecule has 2 aromatic carbocycles. The van der Waals surface area contributed by atoms with Crippen LogP contribution in [-0.2, 0) is 4.79 Å². The molecule has 116 valence electrons. The number of nitrogens with zero attached hydrogens (tertiary/aromatic N) is 2. The SMILES string of the molecule is CC(=O)Nc1ccc(C2=NNC(=Nc3ccccc3)SC2)cc1. The number of amidine groups is 1. The van der Waals surface area contributed by atoms with Crippen LogP contribution in [0, 0.1) is 0 Å². The standard InChI is InChI=1S/C17H16N4OS/c1-12(22)18-15-9-7-13(8-10-15)16-11-23-17(21-20-16)19-14-5-3-2-4-6-14/h2-10H,11H2,1H3,(H,18,22)(H,19,21). The number of aliphatic imine (C=N–C) groups is 1. The van der Waals surface area contributed by atoms with Gasteiger partial charge in [-0.1, -0.05) is 42.1 Å². The van der Waals surface area contributed by atoms with Gasteiger partial charge in [0.2, 0.25) is 5.91 Å². The second-order valence-electron chi connectivity index (χ2n) is 4.97. The molecule has 6 heteroatoms. The highest BCUT2D eigenvalue weighted by molar-refractivity contribution is 8.14. The fraction of sp³-hybridized carbons (Fsp3) is 0.118. The first kappa shape index (κ1) is 15.3. The Hall–Kier alpha value is -2.60. The van der Waals surface area contributed by atoms with Gasteiger partial charge in [0.05, 0.1) is 11.4 Å². The predicted octanol–water partition coefficient (Wildman–Crippen LogP) is 3.37. The molecule has 1 aliphatic heterocycles. The van der Waals surface area contributed by atoms with Crippen molar-refractivity contribution in [3.8, 4) is 0 Å². The molecule has 0 aliphatic carbocycles. The van der Waals surface area contributed by atoms with Gasteiger partial charge in [-0.2, -0.15) is 5.10 Å². The molecule has 1 amide bonds. The summed E-state index contributed by atoms with van der Waals surface area (Å²) in [6.45, 7) is 1.49. The maximum atomic E-state index is 11.0. The van der Waals surface area contributed by atoms with Gasteiger partial charge in [0, 0.05) is 18.4 Å². The monoisotopic (exact) mass is 324 g/mol. The molecule has 0 fully saturated rings. The minimum atomic E-state index is -0.0771. The van der Waals surface area contributed by atoms with Crippen molar-refractivity contribution in [1.82, 2.24) is 5.43 Å². The van der Waals surface area contributed by atoms with E-state index in [9.17, 15) is 4.79 Å². The fourth-order valence-corrected chi connectivity index (χ4v) is 2.88. The molecule has 1 heterocycles. The Morgan fingerprint density at radius 1 is 1.17 bits per heavy atom. The summed E-state index contributed by atoms with van der Waals surface area (Å²) in [5.74, 6) is 0.671. The van der Waals surface area contributed by atoms with Crippen LogP contribution in [0.5, 0.6) is 0 Å². The zero-order chi connectivity index (χ0) is 16.1. The number of rotatable bonds is 3. The first-order chi connectivity index (χ1) is 11.2. The van der Waals surface area contributed by atoms with Crippen molar-refractivity contribution in [1.29, 1.82) is 0 Å². The van der Waals surface area contributed by atoms with Gasteiger partial charge >= 0.3 is 0 Å². The minimum Gasteiger partial charge on any atom is -0.326 e. The number of benzene rings is 2. The third-order valence-electron chi connectivity index (χ3n) is 3.16. The highest BCUT2D eigenvalue weighted by Crippen LogP contribution is 2.19. The number of thioether (sulfide) groups is 1. The van der Waals surface area contributed by atoms with Crippen LogP contribution < -0.4 is 10.7 Å². The van der Waals surface area contributed by atoms with Crippen LogP contribution >= 0.6 is 11.8 Å². The maximum absolute atomic E-state index is 11.0. The number of anilines is 1. The molecule has 2 N–H and O–H groups in total. The van der Waals surface area contributed by atoms with E-state index in [-0.39, 0.29) is 5.91 Å². The number of hydrogen-bond acceptors (Lipinski definition) is 4. The van der Waals surface area contributed by atoms with Crippen LogP contribution in [0.25, 0.3) is 0 Å². The molecule has 3 rings (SSSR count). The van der Waals surface area contributed by atoms with E-state index in [0.717, 1.165) is 33.6 Å². The Morgan fingerprint density at radius 2 is 1.91 bits per heavy atom. The first-order valence-electron chi connectivity index (χ1n) is 7.18. The lowest BCUT2D eigenvalue weighted by Gasteiger charge is -2.15. The van der Waals surface area contributed by atoms with Gasteiger partial charge in [0.15, 0.2) is 5.17 Å². The van der Waals surface area contributed by atoms with Crippen molar-refractivity contribution >= 4 is 39.9 Å². The zero-order valence-electron chi connectivity index (χ0n) is 12.6. The molecular weight excluding hydrogens is 308 g/mol. The van der Waals surface area contributed by atoms with Crippen LogP contribution in [0.15, 0.2) is 64.7 Å². The zero-order valence-corrected chi connectivity index (χ0v) is 13.4. The normalized spacial score (nSPS) is 15.7. The molecule has 1 aliphatic rings. The summed E-state index contributed by atoms with van der Waals surface area (Å²) in [5.41, 5.74) is 6.66. The number of para-hydroxylation sites is 1.